The standard InChI is InChI=1S/C43H33N3/c1-43(2)37-17-8-6-15-33(37)35-26-36-34-16-7-9-18-40(34)46(41(36)27-38(35)43)42-44-24-23-39(45-42)32-14-10-13-31(25-32)30-21-19-29(20-22-30)28-11-4-3-5-12-28/h3-27,33,37H,1-2H3. The smallest absolute Gasteiger partial charge is 0.235 e. The monoisotopic (exact) mass is 591 g/mol. The first-order chi connectivity index (χ1) is 22.6. The van der Waals surface area contributed by atoms with Crippen molar-refractivity contribution < 1.29 is 0 Å². The summed E-state index contributed by atoms with van der Waals surface area (Å²) in [6.07, 6.45) is 11.1. The lowest BCUT2D eigenvalue weighted by Crippen LogP contribution is -2.24. The molecule has 2 aliphatic rings. The Morgan fingerprint density at radius 3 is 2.13 bits per heavy atom. The van der Waals surface area contributed by atoms with Crippen LogP contribution in [0, 0.1) is 5.92 Å². The number of rotatable bonds is 4. The fourth-order valence-electron chi connectivity index (χ4n) is 7.82. The summed E-state index contributed by atoms with van der Waals surface area (Å²) in [5.41, 5.74) is 11.9. The molecular weight excluding hydrogens is 558 g/mol. The maximum atomic E-state index is 5.21. The molecule has 5 aromatic carbocycles. The highest BCUT2D eigenvalue weighted by Crippen LogP contribution is 2.54. The van der Waals surface area contributed by atoms with Gasteiger partial charge in [-0.1, -0.05) is 129 Å². The summed E-state index contributed by atoms with van der Waals surface area (Å²) < 4.78 is 2.25. The molecule has 2 heterocycles. The fourth-order valence-corrected chi connectivity index (χ4v) is 7.82. The van der Waals surface area contributed by atoms with E-state index in [4.69, 9.17) is 9.97 Å². The van der Waals surface area contributed by atoms with Crippen LogP contribution >= 0.6 is 0 Å². The molecule has 0 spiro atoms. The number of nitrogens with zero attached hydrogens (tertiary/aromatic N) is 3. The van der Waals surface area contributed by atoms with Gasteiger partial charge in [0.2, 0.25) is 5.95 Å². The molecule has 2 aliphatic carbocycles. The Hall–Kier alpha value is -5.54. The molecule has 0 saturated carbocycles. The molecule has 0 aliphatic heterocycles. The quantitative estimate of drug-likeness (QED) is 0.204. The van der Waals surface area contributed by atoms with Crippen LogP contribution in [-0.2, 0) is 5.41 Å². The SMILES string of the molecule is CC1(C)c2cc3c(cc2C2C=CC=CC21)c1ccccc1n3-c1nccc(-c2cccc(-c3ccc(-c4ccccc4)cc3)c2)n1. The van der Waals surface area contributed by atoms with Crippen LogP contribution in [0.1, 0.15) is 30.9 Å². The van der Waals surface area contributed by atoms with E-state index in [1.165, 1.54) is 38.6 Å². The second kappa shape index (κ2) is 10.3. The van der Waals surface area contributed by atoms with Gasteiger partial charge in [0.15, 0.2) is 0 Å². The van der Waals surface area contributed by atoms with Gasteiger partial charge in [0.1, 0.15) is 0 Å². The second-order valence-electron chi connectivity index (χ2n) is 13.1. The van der Waals surface area contributed by atoms with Crippen molar-refractivity contribution in [3.8, 4) is 39.5 Å². The van der Waals surface area contributed by atoms with E-state index < -0.39 is 0 Å². The van der Waals surface area contributed by atoms with Crippen LogP contribution in [0.3, 0.4) is 0 Å². The lowest BCUT2D eigenvalue weighted by Gasteiger charge is -2.29. The van der Waals surface area contributed by atoms with Crippen LogP contribution in [-0.4, -0.2) is 14.5 Å². The first-order valence-corrected chi connectivity index (χ1v) is 16.1. The maximum Gasteiger partial charge on any atom is 0.235 e. The van der Waals surface area contributed by atoms with E-state index in [9.17, 15) is 0 Å². The van der Waals surface area contributed by atoms with Gasteiger partial charge < -0.3 is 0 Å². The third kappa shape index (κ3) is 4.12. The molecule has 2 atom stereocenters. The van der Waals surface area contributed by atoms with E-state index in [1.807, 2.05) is 12.3 Å². The van der Waals surface area contributed by atoms with Gasteiger partial charge in [0, 0.05) is 28.5 Å². The highest BCUT2D eigenvalue weighted by molar-refractivity contribution is 6.09. The van der Waals surface area contributed by atoms with Crippen molar-refractivity contribution in [1.29, 1.82) is 0 Å². The Labute approximate surface area is 269 Å². The average Bonchev–Trinajstić information content (AvgIpc) is 3.56. The lowest BCUT2D eigenvalue weighted by atomic mass is 9.74. The number of allylic oxidation sites excluding steroid dienone is 4. The van der Waals surface area contributed by atoms with E-state index in [1.54, 1.807) is 0 Å². The number of para-hydroxylation sites is 1. The molecule has 220 valence electrons. The van der Waals surface area contributed by atoms with E-state index in [0.29, 0.717) is 17.8 Å². The minimum atomic E-state index is 0.0270. The van der Waals surface area contributed by atoms with E-state index in [2.05, 4.69) is 158 Å². The fraction of sp³-hybridized carbons (Fsp3) is 0.116. The molecule has 0 amide bonds. The van der Waals surface area contributed by atoms with Gasteiger partial charge in [0.25, 0.3) is 0 Å². The number of fused-ring (bicyclic) bond motifs is 6. The Kier molecular flexibility index (Phi) is 5.98. The topological polar surface area (TPSA) is 30.7 Å². The number of benzene rings is 5. The largest absolute Gasteiger partial charge is 0.278 e. The minimum absolute atomic E-state index is 0.0270. The highest BCUT2D eigenvalue weighted by Gasteiger charge is 2.45. The number of aromatic nitrogens is 3. The zero-order chi connectivity index (χ0) is 30.8. The van der Waals surface area contributed by atoms with Crippen molar-refractivity contribution in [1.82, 2.24) is 14.5 Å². The van der Waals surface area contributed by atoms with Crippen LogP contribution < -0.4 is 0 Å². The van der Waals surface area contributed by atoms with Gasteiger partial charge in [-0.15, -0.1) is 0 Å². The number of hydrogen-bond donors (Lipinski definition) is 0. The Bertz CT molecular complexity index is 2340. The van der Waals surface area contributed by atoms with Gasteiger partial charge in [-0.25, -0.2) is 9.97 Å². The predicted octanol–water partition coefficient (Wildman–Crippen LogP) is 10.7. The Morgan fingerprint density at radius 2 is 1.28 bits per heavy atom. The van der Waals surface area contributed by atoms with E-state index in [-0.39, 0.29) is 5.41 Å². The van der Waals surface area contributed by atoms with Crippen molar-refractivity contribution in [2.75, 3.05) is 0 Å². The Balaban J connectivity index is 1.15. The highest BCUT2D eigenvalue weighted by atomic mass is 15.2. The molecule has 2 unspecified atom stereocenters. The molecule has 46 heavy (non-hydrogen) atoms. The molecule has 0 bridgehead atoms. The average molecular weight is 592 g/mol. The first kappa shape index (κ1) is 26.8. The summed E-state index contributed by atoms with van der Waals surface area (Å²) in [7, 11) is 0. The van der Waals surface area contributed by atoms with Gasteiger partial charge in [-0.05, 0) is 75.0 Å². The van der Waals surface area contributed by atoms with Crippen LogP contribution in [0.25, 0.3) is 61.3 Å². The zero-order valence-electron chi connectivity index (χ0n) is 25.9. The van der Waals surface area contributed by atoms with Gasteiger partial charge >= 0.3 is 0 Å². The normalized spacial score (nSPS) is 17.8. The number of hydrogen-bond acceptors (Lipinski definition) is 2. The third-order valence-electron chi connectivity index (χ3n) is 10.2. The summed E-state index contributed by atoms with van der Waals surface area (Å²) >= 11 is 0. The second-order valence-corrected chi connectivity index (χ2v) is 13.1. The zero-order valence-corrected chi connectivity index (χ0v) is 25.9. The summed E-state index contributed by atoms with van der Waals surface area (Å²) in [5.74, 6) is 1.55. The Morgan fingerprint density at radius 1 is 0.587 bits per heavy atom. The molecule has 0 saturated heterocycles. The van der Waals surface area contributed by atoms with Gasteiger partial charge in [-0.2, -0.15) is 0 Å². The summed E-state index contributed by atoms with van der Waals surface area (Å²) in [6.45, 7) is 4.77. The maximum absolute atomic E-state index is 5.21. The van der Waals surface area contributed by atoms with Crippen molar-refractivity contribution in [3.63, 3.8) is 0 Å². The molecular formula is C43H33N3. The summed E-state index contributed by atoms with van der Waals surface area (Å²) in [6, 6.07) is 43.5. The van der Waals surface area contributed by atoms with Crippen LogP contribution in [0.5, 0.6) is 0 Å². The van der Waals surface area contributed by atoms with Crippen molar-refractivity contribution in [3.05, 3.63) is 163 Å². The van der Waals surface area contributed by atoms with Crippen molar-refractivity contribution in [2.45, 2.75) is 25.2 Å². The minimum Gasteiger partial charge on any atom is -0.278 e. The van der Waals surface area contributed by atoms with Crippen molar-refractivity contribution in [2.24, 2.45) is 5.92 Å². The summed E-state index contributed by atoms with van der Waals surface area (Å²) in [4.78, 5) is 10.1. The lowest BCUT2D eigenvalue weighted by molar-refractivity contribution is 0.394. The molecule has 2 aromatic heterocycles. The molecule has 9 rings (SSSR count). The molecule has 0 radical (unpaired) electrons. The first-order valence-electron chi connectivity index (χ1n) is 16.1. The molecule has 3 heteroatoms. The predicted molar refractivity (Wildman–Crippen MR) is 190 cm³/mol. The molecule has 0 fully saturated rings. The van der Waals surface area contributed by atoms with E-state index >= 15 is 0 Å². The molecule has 7 aromatic rings. The van der Waals surface area contributed by atoms with Crippen molar-refractivity contribution >= 4 is 21.8 Å². The van der Waals surface area contributed by atoms with E-state index in [0.717, 1.165) is 27.9 Å². The molecule has 3 nitrogen and oxygen atoms in total. The molecule has 0 N–H and O–H groups in total. The van der Waals surface area contributed by atoms with Crippen LogP contribution in [0.2, 0.25) is 0 Å². The van der Waals surface area contributed by atoms with Crippen LogP contribution in [0.15, 0.2) is 152 Å². The van der Waals surface area contributed by atoms with Crippen LogP contribution in [0.4, 0.5) is 0 Å². The van der Waals surface area contributed by atoms with Gasteiger partial charge in [-0.3, -0.25) is 4.57 Å². The third-order valence-corrected chi connectivity index (χ3v) is 10.2. The van der Waals surface area contributed by atoms with Gasteiger partial charge in [0.05, 0.1) is 16.7 Å². The summed E-state index contributed by atoms with van der Waals surface area (Å²) in [5, 5.41) is 2.48.